The van der Waals surface area contributed by atoms with Crippen molar-refractivity contribution in [2.75, 3.05) is 0 Å². The minimum atomic E-state index is -0.852. The Labute approximate surface area is 120 Å². The Bertz CT molecular complexity index is 531. The van der Waals surface area contributed by atoms with E-state index >= 15 is 0 Å². The van der Waals surface area contributed by atoms with E-state index in [9.17, 15) is 5.11 Å². The van der Waals surface area contributed by atoms with Gasteiger partial charge in [-0.05, 0) is 40.7 Å². The number of nitrogens with zero attached hydrogens (tertiary/aromatic N) is 2. The predicted octanol–water partition coefficient (Wildman–Crippen LogP) is 3.26. The van der Waals surface area contributed by atoms with Gasteiger partial charge >= 0.3 is 0 Å². The van der Waals surface area contributed by atoms with Gasteiger partial charge in [0.1, 0.15) is 5.60 Å². The number of hydrogen-bond donors (Lipinski definition) is 1. The van der Waals surface area contributed by atoms with Gasteiger partial charge < -0.3 is 5.11 Å². The highest BCUT2D eigenvalue weighted by Crippen LogP contribution is 2.32. The number of aliphatic hydroxyl groups is 1. The summed E-state index contributed by atoms with van der Waals surface area (Å²) in [4.78, 5) is 0.980. The molecule has 0 spiro atoms. The maximum absolute atomic E-state index is 10.6. The fourth-order valence-electron chi connectivity index (χ4n) is 2.01. The number of aromatic nitrogens is 2. The molecular weight excluding hydrogens is 312 g/mol. The average Bonchev–Trinajstić information content (AvgIpc) is 2.93. The lowest BCUT2D eigenvalue weighted by Gasteiger charge is -2.22. The highest BCUT2D eigenvalue weighted by atomic mass is 79.9. The lowest BCUT2D eigenvalue weighted by atomic mass is 9.98. The first-order valence-corrected chi connectivity index (χ1v) is 7.59. The maximum Gasteiger partial charge on any atom is 0.101 e. The summed E-state index contributed by atoms with van der Waals surface area (Å²) in [5.74, 6) is 0. The molecule has 2 rings (SSSR count). The van der Waals surface area contributed by atoms with Crippen LogP contribution in [-0.2, 0) is 25.5 Å². The van der Waals surface area contributed by atoms with Gasteiger partial charge in [-0.3, -0.25) is 4.68 Å². The summed E-state index contributed by atoms with van der Waals surface area (Å²) in [6.07, 6.45) is 1.44. The van der Waals surface area contributed by atoms with Crippen molar-refractivity contribution in [3.8, 4) is 0 Å². The van der Waals surface area contributed by atoms with Gasteiger partial charge in [0.2, 0.25) is 0 Å². The molecule has 0 amide bonds. The first-order chi connectivity index (χ1) is 8.45. The Morgan fingerprint density at radius 3 is 2.78 bits per heavy atom. The third kappa shape index (κ3) is 2.53. The average molecular weight is 329 g/mol. The molecule has 0 saturated heterocycles. The fraction of sp³-hybridized carbons (Fsp3) is 0.462. The summed E-state index contributed by atoms with van der Waals surface area (Å²) in [5, 5.41) is 17.0. The minimum Gasteiger partial charge on any atom is -0.384 e. The molecule has 2 heterocycles. The highest BCUT2D eigenvalue weighted by molar-refractivity contribution is 9.10. The van der Waals surface area contributed by atoms with E-state index in [1.807, 2.05) is 36.2 Å². The van der Waals surface area contributed by atoms with Crippen molar-refractivity contribution < 1.29 is 5.11 Å². The SMILES string of the molecule is CCc1nn(C)c(CC(C)(O)c2cccs2)c1Br. The molecule has 0 aliphatic carbocycles. The van der Waals surface area contributed by atoms with E-state index in [-0.39, 0.29) is 0 Å². The first-order valence-electron chi connectivity index (χ1n) is 5.92. The largest absolute Gasteiger partial charge is 0.384 e. The van der Waals surface area contributed by atoms with Crippen LogP contribution in [0.15, 0.2) is 22.0 Å². The summed E-state index contributed by atoms with van der Waals surface area (Å²) in [7, 11) is 1.92. The van der Waals surface area contributed by atoms with Crippen molar-refractivity contribution >= 4 is 27.3 Å². The summed E-state index contributed by atoms with van der Waals surface area (Å²) in [6.45, 7) is 3.93. The molecule has 2 aromatic heterocycles. The second-order valence-electron chi connectivity index (χ2n) is 4.61. The Morgan fingerprint density at radius 1 is 1.56 bits per heavy atom. The Hall–Kier alpha value is -0.650. The van der Waals surface area contributed by atoms with Gasteiger partial charge in [0.05, 0.1) is 15.9 Å². The molecule has 18 heavy (non-hydrogen) atoms. The molecule has 0 aliphatic heterocycles. The second-order valence-corrected chi connectivity index (χ2v) is 6.35. The molecule has 1 N–H and O–H groups in total. The number of thiophene rings is 1. The predicted molar refractivity (Wildman–Crippen MR) is 77.9 cm³/mol. The smallest absolute Gasteiger partial charge is 0.101 e. The molecule has 1 unspecified atom stereocenters. The van der Waals surface area contributed by atoms with Crippen molar-refractivity contribution in [2.24, 2.45) is 7.05 Å². The molecule has 1 atom stereocenters. The third-order valence-corrected chi connectivity index (χ3v) is 5.10. The molecule has 0 bridgehead atoms. The molecule has 5 heteroatoms. The van der Waals surface area contributed by atoms with Crippen molar-refractivity contribution in [2.45, 2.75) is 32.3 Å². The van der Waals surface area contributed by atoms with Crippen LogP contribution < -0.4 is 0 Å². The Morgan fingerprint density at radius 2 is 2.28 bits per heavy atom. The molecule has 0 saturated carbocycles. The topological polar surface area (TPSA) is 38.0 Å². The molecule has 0 radical (unpaired) electrons. The standard InChI is InChI=1S/C13H17BrN2OS/c1-4-9-12(14)10(16(3)15-9)8-13(2,17)11-6-5-7-18-11/h5-7,17H,4,8H2,1-3H3. The van der Waals surface area contributed by atoms with Gasteiger partial charge in [0, 0.05) is 18.3 Å². The van der Waals surface area contributed by atoms with Crippen LogP contribution in [-0.4, -0.2) is 14.9 Å². The molecule has 2 aromatic rings. The van der Waals surface area contributed by atoms with Crippen LogP contribution in [0.5, 0.6) is 0 Å². The minimum absolute atomic E-state index is 0.553. The number of halogens is 1. The van der Waals surface area contributed by atoms with Crippen LogP contribution in [0.25, 0.3) is 0 Å². The summed E-state index contributed by atoms with van der Waals surface area (Å²) in [5.41, 5.74) is 1.22. The van der Waals surface area contributed by atoms with E-state index in [1.165, 1.54) is 0 Å². The van der Waals surface area contributed by atoms with Crippen LogP contribution in [0.4, 0.5) is 0 Å². The summed E-state index contributed by atoms with van der Waals surface area (Å²) in [6, 6.07) is 3.93. The summed E-state index contributed by atoms with van der Waals surface area (Å²) >= 11 is 5.17. The lowest BCUT2D eigenvalue weighted by molar-refractivity contribution is 0.0593. The molecule has 0 aliphatic rings. The molecule has 3 nitrogen and oxygen atoms in total. The van der Waals surface area contributed by atoms with Crippen molar-refractivity contribution in [1.29, 1.82) is 0 Å². The van der Waals surface area contributed by atoms with Gasteiger partial charge in [0.15, 0.2) is 0 Å². The molecule has 0 fully saturated rings. The van der Waals surface area contributed by atoms with Gasteiger partial charge in [0.25, 0.3) is 0 Å². The highest BCUT2D eigenvalue weighted by Gasteiger charge is 2.28. The third-order valence-electron chi connectivity index (χ3n) is 3.07. The summed E-state index contributed by atoms with van der Waals surface area (Å²) < 4.78 is 2.87. The Kier molecular flexibility index (Phi) is 3.94. The molecular formula is C13H17BrN2OS. The number of rotatable bonds is 4. The molecule has 0 aromatic carbocycles. The maximum atomic E-state index is 10.6. The Balaban J connectivity index is 2.32. The van der Waals surface area contributed by atoms with E-state index < -0.39 is 5.60 Å². The monoisotopic (exact) mass is 328 g/mol. The van der Waals surface area contributed by atoms with Crippen LogP contribution in [0.1, 0.15) is 30.1 Å². The van der Waals surface area contributed by atoms with E-state index in [0.717, 1.165) is 27.2 Å². The first kappa shape index (κ1) is 13.8. The fourth-order valence-corrected chi connectivity index (χ4v) is 3.55. The van der Waals surface area contributed by atoms with E-state index in [1.54, 1.807) is 11.3 Å². The molecule has 98 valence electrons. The van der Waals surface area contributed by atoms with Crippen LogP contribution >= 0.6 is 27.3 Å². The van der Waals surface area contributed by atoms with Crippen LogP contribution in [0.3, 0.4) is 0 Å². The van der Waals surface area contributed by atoms with E-state index in [2.05, 4.69) is 28.0 Å². The zero-order chi connectivity index (χ0) is 13.3. The van der Waals surface area contributed by atoms with Crippen molar-refractivity contribution in [1.82, 2.24) is 9.78 Å². The van der Waals surface area contributed by atoms with Crippen molar-refractivity contribution in [3.63, 3.8) is 0 Å². The van der Waals surface area contributed by atoms with E-state index in [0.29, 0.717) is 6.42 Å². The number of hydrogen-bond acceptors (Lipinski definition) is 3. The normalized spacial score (nSPS) is 14.7. The number of aryl methyl sites for hydroxylation is 2. The lowest BCUT2D eigenvalue weighted by Crippen LogP contribution is -2.24. The van der Waals surface area contributed by atoms with Gasteiger partial charge in [-0.25, -0.2) is 0 Å². The zero-order valence-electron chi connectivity index (χ0n) is 10.8. The van der Waals surface area contributed by atoms with Crippen LogP contribution in [0.2, 0.25) is 0 Å². The second kappa shape index (κ2) is 5.15. The quantitative estimate of drug-likeness (QED) is 0.935. The van der Waals surface area contributed by atoms with Crippen molar-refractivity contribution in [3.05, 3.63) is 38.3 Å². The van der Waals surface area contributed by atoms with Crippen LogP contribution in [0, 0.1) is 0 Å². The van der Waals surface area contributed by atoms with Gasteiger partial charge in [-0.15, -0.1) is 11.3 Å². The zero-order valence-corrected chi connectivity index (χ0v) is 13.2. The van der Waals surface area contributed by atoms with Gasteiger partial charge in [-0.1, -0.05) is 13.0 Å². The van der Waals surface area contributed by atoms with Gasteiger partial charge in [-0.2, -0.15) is 5.10 Å². The van der Waals surface area contributed by atoms with E-state index in [4.69, 9.17) is 0 Å².